The van der Waals surface area contributed by atoms with Gasteiger partial charge >= 0.3 is 0 Å². The van der Waals surface area contributed by atoms with Gasteiger partial charge in [-0.05, 0) is 18.5 Å². The van der Waals surface area contributed by atoms with E-state index in [-0.39, 0.29) is 29.6 Å². The molecule has 3 heterocycles. The Hall–Kier alpha value is -1.93. The van der Waals surface area contributed by atoms with Crippen molar-refractivity contribution in [3.8, 4) is 0 Å². The van der Waals surface area contributed by atoms with Gasteiger partial charge in [-0.25, -0.2) is 4.68 Å². The average Bonchev–Trinajstić information content (AvgIpc) is 3.16. The van der Waals surface area contributed by atoms with E-state index in [4.69, 9.17) is 20.9 Å². The van der Waals surface area contributed by atoms with Gasteiger partial charge in [-0.15, -0.1) is 5.10 Å². The van der Waals surface area contributed by atoms with Gasteiger partial charge in [0.25, 0.3) is 0 Å². The third-order valence-corrected chi connectivity index (χ3v) is 3.75. The summed E-state index contributed by atoms with van der Waals surface area (Å²) in [6.07, 6.45) is 3.46. The molecule has 0 aromatic carbocycles. The largest absolute Gasteiger partial charge is 0.377 e. The van der Waals surface area contributed by atoms with Gasteiger partial charge in [0.2, 0.25) is 11.1 Å². The van der Waals surface area contributed by atoms with Crippen molar-refractivity contribution in [3.05, 3.63) is 28.9 Å². The number of carbonyl (C=O) groups excluding carboxylic acids is 1. The lowest BCUT2D eigenvalue weighted by Crippen LogP contribution is -2.41. The van der Waals surface area contributed by atoms with Crippen molar-refractivity contribution in [2.24, 2.45) is 0 Å². The summed E-state index contributed by atoms with van der Waals surface area (Å²) in [6.45, 7) is 2.67. The van der Waals surface area contributed by atoms with Crippen LogP contribution < -0.4 is 5.32 Å². The maximum Gasteiger partial charge on any atom is 0.229 e. The minimum atomic E-state index is -0.163. The molecule has 1 fully saturated rings. The molecular formula is C12H14ClN5O3. The van der Waals surface area contributed by atoms with Crippen molar-refractivity contribution in [1.82, 2.24) is 25.5 Å². The molecular weight excluding hydrogens is 298 g/mol. The molecule has 112 valence electrons. The summed E-state index contributed by atoms with van der Waals surface area (Å²) >= 11 is 5.86. The summed E-state index contributed by atoms with van der Waals surface area (Å²) in [6, 6.07) is -0.214. The molecule has 1 N–H and O–H groups in total. The summed E-state index contributed by atoms with van der Waals surface area (Å²) in [5.41, 5.74) is 1.22. The summed E-state index contributed by atoms with van der Waals surface area (Å²) in [4.78, 5) is 12.1. The molecule has 1 aliphatic heterocycles. The number of ether oxygens (including phenoxy) is 1. The van der Waals surface area contributed by atoms with Gasteiger partial charge in [0, 0.05) is 11.8 Å². The smallest absolute Gasteiger partial charge is 0.229 e. The maximum atomic E-state index is 12.1. The van der Waals surface area contributed by atoms with Crippen molar-refractivity contribution in [1.29, 1.82) is 0 Å². The Balaban J connectivity index is 1.64. The van der Waals surface area contributed by atoms with Crippen molar-refractivity contribution >= 4 is 17.5 Å². The van der Waals surface area contributed by atoms with Gasteiger partial charge in [-0.3, -0.25) is 4.79 Å². The summed E-state index contributed by atoms with van der Waals surface area (Å²) in [7, 11) is 0. The first-order valence-corrected chi connectivity index (χ1v) is 6.86. The Morgan fingerprint density at radius 1 is 1.57 bits per heavy atom. The van der Waals surface area contributed by atoms with Crippen LogP contribution in [0.15, 0.2) is 16.9 Å². The third kappa shape index (κ3) is 2.91. The maximum absolute atomic E-state index is 12.1. The van der Waals surface area contributed by atoms with E-state index in [1.54, 1.807) is 24.0 Å². The van der Waals surface area contributed by atoms with Crippen LogP contribution in [0.5, 0.6) is 0 Å². The van der Waals surface area contributed by atoms with Gasteiger partial charge in [0.05, 0.1) is 43.6 Å². The lowest BCUT2D eigenvalue weighted by atomic mass is 10.1. The average molecular weight is 312 g/mol. The molecule has 1 aliphatic rings. The lowest BCUT2D eigenvalue weighted by Gasteiger charge is -2.18. The topological polar surface area (TPSA) is 95.1 Å². The number of aromatic nitrogens is 4. The molecule has 2 aromatic rings. The summed E-state index contributed by atoms with van der Waals surface area (Å²) in [5, 5.41) is 14.5. The second-order valence-corrected chi connectivity index (χ2v) is 5.20. The lowest BCUT2D eigenvalue weighted by molar-refractivity contribution is -0.121. The van der Waals surface area contributed by atoms with E-state index >= 15 is 0 Å². The zero-order valence-corrected chi connectivity index (χ0v) is 12.1. The molecule has 21 heavy (non-hydrogen) atoms. The van der Waals surface area contributed by atoms with Crippen LogP contribution in [0.4, 0.5) is 0 Å². The van der Waals surface area contributed by atoms with Crippen molar-refractivity contribution < 1.29 is 14.1 Å². The second-order valence-electron chi connectivity index (χ2n) is 4.86. The molecule has 0 aliphatic carbocycles. The molecule has 9 heteroatoms. The predicted octanol–water partition coefficient (Wildman–Crippen LogP) is 0.527. The highest BCUT2D eigenvalue weighted by atomic mass is 35.5. The van der Waals surface area contributed by atoms with Crippen LogP contribution in [0.3, 0.4) is 0 Å². The minimum Gasteiger partial charge on any atom is -0.377 e. The molecule has 0 saturated carbocycles. The van der Waals surface area contributed by atoms with Crippen molar-refractivity contribution in [2.75, 3.05) is 13.2 Å². The first-order valence-electron chi connectivity index (χ1n) is 6.48. The minimum absolute atomic E-state index is 0.0597. The van der Waals surface area contributed by atoms with E-state index < -0.39 is 0 Å². The molecule has 2 aromatic heterocycles. The van der Waals surface area contributed by atoms with E-state index in [9.17, 15) is 4.79 Å². The Morgan fingerprint density at radius 2 is 2.43 bits per heavy atom. The Labute approximate surface area is 125 Å². The van der Waals surface area contributed by atoms with Crippen LogP contribution in [0.1, 0.15) is 17.3 Å². The second kappa shape index (κ2) is 5.82. The summed E-state index contributed by atoms with van der Waals surface area (Å²) in [5.74, 6) is -0.163. The molecule has 0 bridgehead atoms. The van der Waals surface area contributed by atoms with Gasteiger partial charge in [0.15, 0.2) is 0 Å². The quantitative estimate of drug-likeness (QED) is 0.885. The fraction of sp³-hybridized carbons (Fsp3) is 0.500. The molecule has 1 saturated heterocycles. The number of amides is 1. The number of aryl methyl sites for hydroxylation is 1. The highest BCUT2D eigenvalue weighted by molar-refractivity contribution is 6.29. The molecule has 2 atom stereocenters. The molecule has 3 rings (SSSR count). The number of halogens is 1. The number of hydrogen-bond donors (Lipinski definition) is 1. The zero-order valence-electron chi connectivity index (χ0n) is 11.3. The molecule has 8 nitrogen and oxygen atoms in total. The number of rotatable bonds is 4. The highest BCUT2D eigenvalue weighted by Crippen LogP contribution is 2.21. The predicted molar refractivity (Wildman–Crippen MR) is 71.8 cm³/mol. The molecule has 0 spiro atoms. The first kappa shape index (κ1) is 14.0. The SMILES string of the molecule is Cc1noc(Cl)c1CC(=O)N[C@H]1COC[C@H]1n1ccnn1. The third-order valence-electron chi connectivity index (χ3n) is 3.45. The van der Waals surface area contributed by atoms with E-state index in [1.807, 2.05) is 0 Å². The van der Waals surface area contributed by atoms with Gasteiger partial charge < -0.3 is 14.6 Å². The van der Waals surface area contributed by atoms with Crippen molar-refractivity contribution in [3.63, 3.8) is 0 Å². The summed E-state index contributed by atoms with van der Waals surface area (Å²) < 4.78 is 11.9. The van der Waals surface area contributed by atoms with E-state index in [1.165, 1.54) is 0 Å². The Bertz CT molecular complexity index is 607. The molecule has 0 radical (unpaired) electrons. The monoisotopic (exact) mass is 311 g/mol. The molecule has 1 amide bonds. The van der Waals surface area contributed by atoms with Gasteiger partial charge in [-0.2, -0.15) is 0 Å². The van der Waals surface area contributed by atoms with Crippen LogP contribution >= 0.6 is 11.6 Å². The Morgan fingerprint density at radius 3 is 3.10 bits per heavy atom. The van der Waals surface area contributed by atoms with Gasteiger partial charge in [-0.1, -0.05) is 10.4 Å². The standard InChI is InChI=1S/C12H14ClN5O3/c1-7-8(12(13)21-16-7)4-11(19)15-9-5-20-6-10(9)18-3-2-14-17-18/h2-3,9-10H,4-6H2,1H3,(H,15,19)/t9-,10+/m0/s1. The van der Waals surface area contributed by atoms with E-state index in [2.05, 4.69) is 20.8 Å². The van der Waals surface area contributed by atoms with E-state index in [0.29, 0.717) is 24.5 Å². The number of hydrogen-bond acceptors (Lipinski definition) is 6. The van der Waals surface area contributed by atoms with Gasteiger partial charge in [0.1, 0.15) is 0 Å². The normalized spacial score (nSPS) is 21.6. The van der Waals surface area contributed by atoms with Crippen LogP contribution in [-0.2, 0) is 16.0 Å². The van der Waals surface area contributed by atoms with E-state index in [0.717, 1.165) is 0 Å². The number of carbonyl (C=O) groups is 1. The Kier molecular flexibility index (Phi) is 3.89. The highest BCUT2D eigenvalue weighted by Gasteiger charge is 2.32. The van der Waals surface area contributed by atoms with Crippen LogP contribution in [-0.4, -0.2) is 45.3 Å². The van der Waals surface area contributed by atoms with Crippen LogP contribution in [0.25, 0.3) is 0 Å². The first-order chi connectivity index (χ1) is 10.1. The molecule has 0 unspecified atom stereocenters. The number of nitrogens with zero attached hydrogens (tertiary/aromatic N) is 4. The van der Waals surface area contributed by atoms with Crippen LogP contribution in [0.2, 0.25) is 5.22 Å². The zero-order chi connectivity index (χ0) is 14.8. The van der Waals surface area contributed by atoms with Crippen LogP contribution in [0, 0.1) is 6.92 Å². The fourth-order valence-corrected chi connectivity index (χ4v) is 2.55. The number of nitrogens with one attached hydrogen (secondary N) is 1. The van der Waals surface area contributed by atoms with Crippen molar-refractivity contribution in [2.45, 2.75) is 25.4 Å². The fourth-order valence-electron chi connectivity index (χ4n) is 2.31.